The van der Waals surface area contributed by atoms with E-state index in [-0.39, 0.29) is 30.9 Å². The SMILES string of the molecule is CCOC(=O)C1=C(COC(=O)Cc2ccc(C(F)(F)F)cc2)NC(=O)NC1C. The van der Waals surface area contributed by atoms with Crippen molar-refractivity contribution in [3.63, 3.8) is 0 Å². The fourth-order valence-corrected chi connectivity index (χ4v) is 2.58. The highest BCUT2D eigenvalue weighted by atomic mass is 19.4. The number of urea groups is 1. The van der Waals surface area contributed by atoms with Crippen LogP contribution < -0.4 is 10.6 Å². The first-order chi connectivity index (χ1) is 13.1. The maximum atomic E-state index is 12.6. The van der Waals surface area contributed by atoms with Crippen LogP contribution in [0.4, 0.5) is 18.0 Å². The number of nitrogens with one attached hydrogen (secondary N) is 2. The summed E-state index contributed by atoms with van der Waals surface area (Å²) in [7, 11) is 0. The number of alkyl halides is 3. The normalized spacial score (nSPS) is 16.9. The van der Waals surface area contributed by atoms with Gasteiger partial charge < -0.3 is 20.1 Å². The van der Waals surface area contributed by atoms with Crippen molar-refractivity contribution < 1.29 is 37.0 Å². The van der Waals surface area contributed by atoms with E-state index in [0.717, 1.165) is 12.1 Å². The van der Waals surface area contributed by atoms with Gasteiger partial charge in [-0.25, -0.2) is 9.59 Å². The Morgan fingerprint density at radius 1 is 1.14 bits per heavy atom. The molecule has 0 saturated heterocycles. The predicted octanol–water partition coefficient (Wildman–Crippen LogP) is 2.31. The van der Waals surface area contributed by atoms with E-state index in [1.807, 2.05) is 0 Å². The second-order valence-electron chi connectivity index (χ2n) is 5.96. The van der Waals surface area contributed by atoms with Gasteiger partial charge in [-0.05, 0) is 31.5 Å². The number of halogens is 3. The quantitative estimate of drug-likeness (QED) is 0.715. The first-order valence-corrected chi connectivity index (χ1v) is 8.41. The number of carbonyl (C=O) groups excluding carboxylic acids is 3. The smallest absolute Gasteiger partial charge is 0.416 e. The van der Waals surface area contributed by atoms with Crippen LogP contribution in [-0.2, 0) is 31.7 Å². The third kappa shape index (κ3) is 5.48. The molecule has 1 aromatic carbocycles. The van der Waals surface area contributed by atoms with Crippen LogP contribution in [0.25, 0.3) is 0 Å². The molecule has 0 aromatic heterocycles. The monoisotopic (exact) mass is 400 g/mol. The van der Waals surface area contributed by atoms with E-state index in [2.05, 4.69) is 10.6 Å². The van der Waals surface area contributed by atoms with Gasteiger partial charge in [0, 0.05) is 0 Å². The Balaban J connectivity index is 2.04. The maximum absolute atomic E-state index is 12.6. The van der Waals surface area contributed by atoms with Crippen molar-refractivity contribution in [2.45, 2.75) is 32.5 Å². The molecule has 0 spiro atoms. The lowest BCUT2D eigenvalue weighted by atomic mass is 10.0. The van der Waals surface area contributed by atoms with Crippen molar-refractivity contribution in [1.29, 1.82) is 0 Å². The topological polar surface area (TPSA) is 93.7 Å². The van der Waals surface area contributed by atoms with Crippen molar-refractivity contribution in [1.82, 2.24) is 10.6 Å². The third-order valence-electron chi connectivity index (χ3n) is 3.87. The second kappa shape index (κ2) is 8.77. The molecule has 1 aromatic rings. The first kappa shape index (κ1) is 21.3. The van der Waals surface area contributed by atoms with Crippen LogP contribution in [0.1, 0.15) is 25.0 Å². The van der Waals surface area contributed by atoms with Gasteiger partial charge in [0.25, 0.3) is 0 Å². The Hall–Kier alpha value is -3.04. The zero-order valence-electron chi connectivity index (χ0n) is 15.2. The number of hydrogen-bond donors (Lipinski definition) is 2. The zero-order chi connectivity index (χ0) is 20.9. The summed E-state index contributed by atoms with van der Waals surface area (Å²) >= 11 is 0. The summed E-state index contributed by atoms with van der Waals surface area (Å²) in [5.41, 5.74) is -0.264. The molecule has 2 N–H and O–H groups in total. The molecular weight excluding hydrogens is 381 g/mol. The molecule has 28 heavy (non-hydrogen) atoms. The molecule has 1 aliphatic heterocycles. The standard InChI is InChI=1S/C18H19F3N2O5/c1-3-27-16(25)15-10(2)22-17(26)23-13(15)9-28-14(24)8-11-4-6-12(7-5-11)18(19,20)21/h4-7,10H,3,8-9H2,1-2H3,(H2,22,23,26). The zero-order valence-corrected chi connectivity index (χ0v) is 15.2. The van der Waals surface area contributed by atoms with Crippen molar-refractivity contribution in [3.8, 4) is 0 Å². The summed E-state index contributed by atoms with van der Waals surface area (Å²) in [6, 6.07) is 2.91. The Labute approximate surface area is 158 Å². The van der Waals surface area contributed by atoms with Crippen molar-refractivity contribution in [2.24, 2.45) is 0 Å². The number of amides is 2. The highest BCUT2D eigenvalue weighted by molar-refractivity contribution is 5.94. The Morgan fingerprint density at radius 3 is 2.36 bits per heavy atom. The summed E-state index contributed by atoms with van der Waals surface area (Å²) in [6.07, 6.45) is -4.72. The molecule has 152 valence electrons. The molecule has 7 nitrogen and oxygen atoms in total. The molecule has 0 aliphatic carbocycles. The summed E-state index contributed by atoms with van der Waals surface area (Å²) in [5, 5.41) is 4.91. The minimum atomic E-state index is -4.46. The molecule has 1 heterocycles. The molecular formula is C18H19F3N2O5. The largest absolute Gasteiger partial charge is 0.463 e. The van der Waals surface area contributed by atoms with Crippen LogP contribution >= 0.6 is 0 Å². The van der Waals surface area contributed by atoms with Crippen molar-refractivity contribution >= 4 is 18.0 Å². The number of esters is 2. The van der Waals surface area contributed by atoms with Crippen molar-refractivity contribution in [2.75, 3.05) is 13.2 Å². The molecule has 2 rings (SSSR count). The average Bonchev–Trinajstić information content (AvgIpc) is 2.59. The number of rotatable bonds is 6. The Bertz CT molecular complexity index is 787. The second-order valence-corrected chi connectivity index (χ2v) is 5.96. The van der Waals surface area contributed by atoms with E-state index >= 15 is 0 Å². The molecule has 0 fully saturated rings. The van der Waals surface area contributed by atoms with Gasteiger partial charge in [-0.1, -0.05) is 12.1 Å². The van der Waals surface area contributed by atoms with Gasteiger partial charge in [0.1, 0.15) is 6.61 Å². The lowest BCUT2D eigenvalue weighted by Gasteiger charge is -2.26. The van der Waals surface area contributed by atoms with Gasteiger partial charge in [-0.3, -0.25) is 4.79 Å². The fraction of sp³-hybridized carbons (Fsp3) is 0.389. The predicted molar refractivity (Wildman–Crippen MR) is 90.9 cm³/mol. The van der Waals surface area contributed by atoms with Crippen LogP contribution in [0.5, 0.6) is 0 Å². The third-order valence-corrected chi connectivity index (χ3v) is 3.87. The number of ether oxygens (including phenoxy) is 2. The van der Waals surface area contributed by atoms with E-state index in [1.165, 1.54) is 12.1 Å². The van der Waals surface area contributed by atoms with E-state index < -0.39 is 35.8 Å². The summed E-state index contributed by atoms with van der Waals surface area (Å²) < 4.78 is 47.7. The van der Waals surface area contributed by atoms with Gasteiger partial charge in [-0.15, -0.1) is 0 Å². The van der Waals surface area contributed by atoms with E-state index in [0.29, 0.717) is 5.56 Å². The molecule has 1 aliphatic rings. The molecule has 10 heteroatoms. The maximum Gasteiger partial charge on any atom is 0.416 e. The Morgan fingerprint density at radius 2 is 1.79 bits per heavy atom. The summed E-state index contributed by atoms with van der Waals surface area (Å²) in [5.74, 6) is -1.38. The van der Waals surface area contributed by atoms with Gasteiger partial charge >= 0.3 is 24.1 Å². The fourth-order valence-electron chi connectivity index (χ4n) is 2.58. The van der Waals surface area contributed by atoms with Crippen molar-refractivity contribution in [3.05, 3.63) is 46.7 Å². The molecule has 0 bridgehead atoms. The van der Waals surface area contributed by atoms with Gasteiger partial charge in [-0.2, -0.15) is 13.2 Å². The van der Waals surface area contributed by atoms with Gasteiger partial charge in [0.05, 0.1) is 35.9 Å². The van der Waals surface area contributed by atoms with Crippen LogP contribution in [0, 0.1) is 0 Å². The average molecular weight is 400 g/mol. The van der Waals surface area contributed by atoms with Gasteiger partial charge in [0.2, 0.25) is 0 Å². The lowest BCUT2D eigenvalue weighted by Crippen LogP contribution is -2.50. The number of carbonyl (C=O) groups is 3. The van der Waals surface area contributed by atoms with Gasteiger partial charge in [0.15, 0.2) is 0 Å². The van der Waals surface area contributed by atoms with Crippen LogP contribution in [-0.4, -0.2) is 37.2 Å². The highest BCUT2D eigenvalue weighted by Crippen LogP contribution is 2.29. The highest BCUT2D eigenvalue weighted by Gasteiger charge is 2.31. The summed E-state index contributed by atoms with van der Waals surface area (Å²) in [4.78, 5) is 35.7. The first-order valence-electron chi connectivity index (χ1n) is 8.41. The number of benzene rings is 1. The van der Waals surface area contributed by atoms with E-state index in [4.69, 9.17) is 9.47 Å². The molecule has 2 amide bonds. The lowest BCUT2D eigenvalue weighted by molar-refractivity contribution is -0.143. The molecule has 0 radical (unpaired) electrons. The van der Waals surface area contributed by atoms with E-state index in [9.17, 15) is 27.6 Å². The van der Waals surface area contributed by atoms with Crippen LogP contribution in [0.3, 0.4) is 0 Å². The van der Waals surface area contributed by atoms with Crippen LogP contribution in [0.15, 0.2) is 35.5 Å². The molecule has 1 atom stereocenters. The molecule has 1 unspecified atom stereocenters. The Kier molecular flexibility index (Phi) is 6.66. The minimum Gasteiger partial charge on any atom is -0.463 e. The van der Waals surface area contributed by atoms with Crippen LogP contribution in [0.2, 0.25) is 0 Å². The van der Waals surface area contributed by atoms with E-state index in [1.54, 1.807) is 13.8 Å². The summed E-state index contributed by atoms with van der Waals surface area (Å²) in [6.45, 7) is 2.95. The molecule has 0 saturated carbocycles. The minimum absolute atomic E-state index is 0.0930. The number of hydrogen-bond acceptors (Lipinski definition) is 5.